The fraction of sp³-hybridized carbons (Fsp3) is 0.214. The lowest BCUT2D eigenvalue weighted by atomic mass is 10.0. The summed E-state index contributed by atoms with van der Waals surface area (Å²) in [6, 6.07) is 12.0. The third kappa shape index (κ3) is 2.40. The predicted octanol–water partition coefficient (Wildman–Crippen LogP) is 1.63. The van der Waals surface area contributed by atoms with Crippen LogP contribution in [0.1, 0.15) is 18.4 Å². The highest BCUT2D eigenvalue weighted by Gasteiger charge is 2.06. The summed E-state index contributed by atoms with van der Waals surface area (Å²) in [6.07, 6.45) is 1.47. The molecule has 0 spiro atoms. The van der Waals surface area contributed by atoms with Crippen molar-refractivity contribution in [2.45, 2.75) is 12.8 Å². The molecule has 0 bridgehead atoms. The summed E-state index contributed by atoms with van der Waals surface area (Å²) in [6.45, 7) is 2.92. The van der Waals surface area contributed by atoms with E-state index in [4.69, 9.17) is 0 Å². The molecular weight excluding hydrogens is 254 g/mol. The molecule has 1 atom stereocenters. The molecule has 0 amide bonds. The summed E-state index contributed by atoms with van der Waals surface area (Å²) in [5.74, 6) is 1.08. The summed E-state index contributed by atoms with van der Waals surface area (Å²) < 4.78 is 1.37. The lowest BCUT2D eigenvalue weighted by Gasteiger charge is -2.13. The van der Waals surface area contributed by atoms with Crippen molar-refractivity contribution in [2.24, 2.45) is 0 Å². The largest absolute Gasteiger partial charge is 0.369 e. The van der Waals surface area contributed by atoms with E-state index in [-0.39, 0.29) is 5.69 Å². The maximum Gasteiger partial charge on any atom is 0.348 e. The van der Waals surface area contributed by atoms with Gasteiger partial charge in [-0.05, 0) is 11.5 Å². The van der Waals surface area contributed by atoms with Gasteiger partial charge in [0.2, 0.25) is 0 Å². The minimum Gasteiger partial charge on any atom is -0.369 e. The molecule has 0 aliphatic rings. The molecule has 20 heavy (non-hydrogen) atoms. The first kappa shape index (κ1) is 12.4. The van der Waals surface area contributed by atoms with E-state index in [9.17, 15) is 4.79 Å². The van der Waals surface area contributed by atoms with E-state index in [1.54, 1.807) is 6.07 Å². The van der Waals surface area contributed by atoms with Gasteiger partial charge in [-0.15, -0.1) is 0 Å². The average Bonchev–Trinajstić information content (AvgIpc) is 2.87. The molecule has 2 heterocycles. The van der Waals surface area contributed by atoms with Gasteiger partial charge in [0.25, 0.3) is 0 Å². The molecule has 102 valence electrons. The summed E-state index contributed by atoms with van der Waals surface area (Å²) in [4.78, 5) is 15.5. The number of aromatic nitrogens is 4. The summed E-state index contributed by atoms with van der Waals surface area (Å²) >= 11 is 0. The quantitative estimate of drug-likeness (QED) is 0.755. The number of hydrogen-bond acceptors (Lipinski definition) is 4. The molecule has 1 aromatic carbocycles. The van der Waals surface area contributed by atoms with Crippen molar-refractivity contribution in [2.75, 3.05) is 11.9 Å². The monoisotopic (exact) mass is 269 g/mol. The van der Waals surface area contributed by atoms with Crippen LogP contribution in [0.2, 0.25) is 0 Å². The first-order valence-corrected chi connectivity index (χ1v) is 6.45. The van der Waals surface area contributed by atoms with Gasteiger partial charge in [0.15, 0.2) is 5.65 Å². The Labute approximate surface area is 115 Å². The highest BCUT2D eigenvalue weighted by Crippen LogP contribution is 2.15. The fourth-order valence-electron chi connectivity index (χ4n) is 2.06. The zero-order valence-electron chi connectivity index (χ0n) is 11.1. The second-order valence-electron chi connectivity index (χ2n) is 4.72. The molecule has 0 fully saturated rings. The summed E-state index contributed by atoms with van der Waals surface area (Å²) in [5, 5.41) is 9.56. The number of nitrogens with zero attached hydrogens (tertiary/aromatic N) is 3. The Morgan fingerprint density at radius 1 is 1.35 bits per heavy atom. The first-order chi connectivity index (χ1) is 9.74. The number of anilines is 1. The van der Waals surface area contributed by atoms with E-state index in [1.807, 2.05) is 18.2 Å². The smallest absolute Gasteiger partial charge is 0.348 e. The Balaban J connectivity index is 1.72. The van der Waals surface area contributed by atoms with Gasteiger partial charge in [-0.2, -0.15) is 5.10 Å². The predicted molar refractivity (Wildman–Crippen MR) is 77.0 cm³/mol. The van der Waals surface area contributed by atoms with E-state index >= 15 is 0 Å². The second-order valence-corrected chi connectivity index (χ2v) is 4.72. The third-order valence-electron chi connectivity index (χ3n) is 3.27. The molecule has 2 aromatic heterocycles. The minimum absolute atomic E-state index is 0.281. The zero-order valence-corrected chi connectivity index (χ0v) is 11.1. The Kier molecular flexibility index (Phi) is 3.20. The molecule has 3 rings (SSSR count). The number of aromatic amines is 1. The third-order valence-corrected chi connectivity index (χ3v) is 3.27. The van der Waals surface area contributed by atoms with E-state index in [0.29, 0.717) is 17.4 Å². The van der Waals surface area contributed by atoms with E-state index in [1.165, 1.54) is 16.3 Å². The standard InChI is InChI=1S/C14H15N5O/c1-10(11-5-3-2-4-6-11)8-15-12-7-13-17-18-14(20)19(13)9-16-12/h2-7,9-10,15H,8H2,1H3,(H,18,20). The van der Waals surface area contributed by atoms with Crippen LogP contribution in [-0.2, 0) is 0 Å². The summed E-state index contributed by atoms with van der Waals surface area (Å²) in [5.41, 5.74) is 1.55. The Hall–Kier alpha value is -2.63. The fourth-order valence-corrected chi connectivity index (χ4v) is 2.06. The number of hydrogen-bond donors (Lipinski definition) is 2. The average molecular weight is 269 g/mol. The number of rotatable bonds is 4. The van der Waals surface area contributed by atoms with Gasteiger partial charge in [-0.1, -0.05) is 37.3 Å². The van der Waals surface area contributed by atoms with Crippen LogP contribution < -0.4 is 11.0 Å². The molecular formula is C14H15N5O. The van der Waals surface area contributed by atoms with E-state index in [0.717, 1.165) is 6.54 Å². The lowest BCUT2D eigenvalue weighted by molar-refractivity contribution is 0.800. The molecule has 2 N–H and O–H groups in total. The number of H-pyrrole nitrogens is 1. The Bertz CT molecular complexity index is 762. The molecule has 0 aliphatic carbocycles. The van der Waals surface area contributed by atoms with Crippen LogP contribution in [0.3, 0.4) is 0 Å². The molecule has 6 heteroatoms. The van der Waals surface area contributed by atoms with E-state index < -0.39 is 0 Å². The van der Waals surface area contributed by atoms with Gasteiger partial charge in [0.1, 0.15) is 12.1 Å². The molecule has 0 saturated heterocycles. The molecule has 3 aromatic rings. The minimum atomic E-state index is -0.281. The normalized spacial score (nSPS) is 12.4. The first-order valence-electron chi connectivity index (χ1n) is 6.45. The van der Waals surface area contributed by atoms with Crippen LogP contribution >= 0.6 is 0 Å². The van der Waals surface area contributed by atoms with Gasteiger partial charge in [0, 0.05) is 12.6 Å². The second kappa shape index (κ2) is 5.16. The van der Waals surface area contributed by atoms with Crippen LogP contribution in [0.4, 0.5) is 5.82 Å². The van der Waals surface area contributed by atoms with Gasteiger partial charge in [0.05, 0.1) is 0 Å². The van der Waals surface area contributed by atoms with Crippen molar-refractivity contribution in [3.63, 3.8) is 0 Å². The topological polar surface area (TPSA) is 75.1 Å². The van der Waals surface area contributed by atoms with Gasteiger partial charge >= 0.3 is 5.69 Å². The van der Waals surface area contributed by atoms with Gasteiger partial charge in [-0.25, -0.2) is 19.3 Å². The number of nitrogens with one attached hydrogen (secondary N) is 2. The van der Waals surface area contributed by atoms with Gasteiger partial charge < -0.3 is 5.32 Å². The van der Waals surface area contributed by atoms with Crippen LogP contribution in [0.15, 0.2) is 47.5 Å². The highest BCUT2D eigenvalue weighted by molar-refractivity contribution is 5.48. The van der Waals surface area contributed by atoms with Crippen molar-refractivity contribution in [1.82, 2.24) is 19.6 Å². The molecule has 0 saturated carbocycles. The maximum atomic E-state index is 11.3. The molecule has 0 radical (unpaired) electrons. The van der Waals surface area contributed by atoms with Crippen molar-refractivity contribution in [3.8, 4) is 0 Å². The highest BCUT2D eigenvalue weighted by atomic mass is 16.1. The molecule has 6 nitrogen and oxygen atoms in total. The lowest BCUT2D eigenvalue weighted by Crippen LogP contribution is -2.13. The van der Waals surface area contributed by atoms with Crippen molar-refractivity contribution >= 4 is 11.5 Å². The summed E-state index contributed by atoms with van der Waals surface area (Å²) in [7, 11) is 0. The van der Waals surface area contributed by atoms with Crippen LogP contribution in [0.5, 0.6) is 0 Å². The van der Waals surface area contributed by atoms with Crippen molar-refractivity contribution in [3.05, 3.63) is 58.8 Å². The van der Waals surface area contributed by atoms with Crippen LogP contribution in [0.25, 0.3) is 5.65 Å². The Morgan fingerprint density at radius 3 is 2.95 bits per heavy atom. The van der Waals surface area contributed by atoms with Crippen molar-refractivity contribution in [1.29, 1.82) is 0 Å². The zero-order chi connectivity index (χ0) is 13.9. The van der Waals surface area contributed by atoms with E-state index in [2.05, 4.69) is 39.6 Å². The Morgan fingerprint density at radius 2 is 2.15 bits per heavy atom. The number of benzene rings is 1. The molecule has 1 unspecified atom stereocenters. The molecule has 0 aliphatic heterocycles. The van der Waals surface area contributed by atoms with Gasteiger partial charge in [-0.3, -0.25) is 0 Å². The number of fused-ring (bicyclic) bond motifs is 1. The van der Waals surface area contributed by atoms with Crippen molar-refractivity contribution < 1.29 is 0 Å². The maximum absolute atomic E-state index is 11.3. The SMILES string of the molecule is CC(CNc1cc2n[nH]c(=O)n2cn1)c1ccccc1. The van der Waals surface area contributed by atoms with Crippen LogP contribution in [-0.4, -0.2) is 26.1 Å². The van der Waals surface area contributed by atoms with Crippen LogP contribution in [0, 0.1) is 0 Å².